The first-order valence-corrected chi connectivity index (χ1v) is 8.44. The Kier molecular flexibility index (Phi) is 4.76. The fourth-order valence-electron chi connectivity index (χ4n) is 1.78. The third-order valence-electron chi connectivity index (χ3n) is 3.14. The first-order valence-electron chi connectivity index (χ1n) is 6.25. The van der Waals surface area contributed by atoms with Crippen molar-refractivity contribution in [1.29, 1.82) is 0 Å². The van der Waals surface area contributed by atoms with Gasteiger partial charge in [-0.25, -0.2) is 13.4 Å². The summed E-state index contributed by atoms with van der Waals surface area (Å²) in [5.41, 5.74) is 1.71. The Balaban J connectivity index is 2.39. The summed E-state index contributed by atoms with van der Waals surface area (Å²) < 4.78 is 26.3. The Labute approximate surface area is 134 Å². The van der Waals surface area contributed by atoms with E-state index in [9.17, 15) is 8.42 Å². The second-order valence-corrected chi connectivity index (χ2v) is 7.17. The van der Waals surface area contributed by atoms with E-state index in [1.165, 1.54) is 23.6 Å². The van der Waals surface area contributed by atoms with Gasteiger partial charge in [-0.15, -0.1) is 0 Å². The molecule has 0 amide bonds. The number of anilines is 1. The summed E-state index contributed by atoms with van der Waals surface area (Å²) in [4.78, 5) is 3.78. The van der Waals surface area contributed by atoms with E-state index >= 15 is 0 Å². The number of pyridine rings is 1. The van der Waals surface area contributed by atoms with Crippen LogP contribution in [0.25, 0.3) is 0 Å². The maximum Gasteiger partial charge on any atom is 0.265 e. The highest BCUT2D eigenvalue weighted by molar-refractivity contribution is 7.92. The average Bonchev–Trinajstić information content (AvgIpc) is 2.49. The summed E-state index contributed by atoms with van der Waals surface area (Å²) in [7, 11) is -2.24. The molecular weight excluding hydrogens is 331 g/mol. The predicted octanol–water partition coefficient (Wildman–Crippen LogP) is 3.78. The van der Waals surface area contributed by atoms with Crippen molar-refractivity contribution in [3.8, 4) is 0 Å². The van der Waals surface area contributed by atoms with E-state index in [1.54, 1.807) is 12.1 Å². The third kappa shape index (κ3) is 3.31. The molecule has 0 aliphatic carbocycles. The molecule has 2 rings (SSSR count). The Morgan fingerprint density at radius 1 is 1.19 bits per heavy atom. The van der Waals surface area contributed by atoms with Crippen molar-refractivity contribution in [2.45, 2.75) is 18.2 Å². The minimum Gasteiger partial charge on any atom is -0.269 e. The molecule has 0 aliphatic rings. The van der Waals surface area contributed by atoms with E-state index in [4.69, 9.17) is 23.2 Å². The molecule has 0 N–H and O–H groups in total. The van der Waals surface area contributed by atoms with Gasteiger partial charge in [-0.3, -0.25) is 4.31 Å². The van der Waals surface area contributed by atoms with E-state index in [2.05, 4.69) is 4.98 Å². The maximum atomic E-state index is 12.5. The minimum absolute atomic E-state index is 0.000956. The lowest BCUT2D eigenvalue weighted by Crippen LogP contribution is -2.26. The van der Waals surface area contributed by atoms with Crippen molar-refractivity contribution in [2.75, 3.05) is 11.4 Å². The van der Waals surface area contributed by atoms with Crippen LogP contribution in [0.1, 0.15) is 12.5 Å². The van der Waals surface area contributed by atoms with Gasteiger partial charge in [-0.05, 0) is 30.2 Å². The van der Waals surface area contributed by atoms with E-state index < -0.39 is 10.0 Å². The molecule has 7 heteroatoms. The number of sulfonamides is 1. The molecule has 0 fully saturated rings. The van der Waals surface area contributed by atoms with Crippen LogP contribution in [0, 0.1) is 0 Å². The van der Waals surface area contributed by atoms with Gasteiger partial charge in [0.15, 0.2) is 0 Å². The molecule has 112 valence electrons. The molecule has 0 unspecified atom stereocenters. The number of rotatable bonds is 4. The van der Waals surface area contributed by atoms with Gasteiger partial charge in [-0.1, -0.05) is 42.3 Å². The van der Waals surface area contributed by atoms with Gasteiger partial charge in [0, 0.05) is 13.2 Å². The summed E-state index contributed by atoms with van der Waals surface area (Å²) in [5.74, 6) is 0. The van der Waals surface area contributed by atoms with Gasteiger partial charge in [0.25, 0.3) is 10.0 Å². The molecule has 0 radical (unpaired) electrons. The lowest BCUT2D eigenvalue weighted by Gasteiger charge is -2.19. The van der Waals surface area contributed by atoms with Gasteiger partial charge in [0.1, 0.15) is 10.0 Å². The highest BCUT2D eigenvalue weighted by atomic mass is 35.5. The summed E-state index contributed by atoms with van der Waals surface area (Å²) in [6.07, 6.45) is 2.09. The van der Waals surface area contributed by atoms with E-state index in [1.807, 2.05) is 19.1 Å². The standard InChI is InChI=1S/C14H14Cl2N2O2S/c1-3-10-4-6-11(7-5-10)18(2)21(19,20)12-8-13(15)14(16)17-9-12/h4-9H,3H2,1-2H3. The van der Waals surface area contributed by atoms with Crippen LogP contribution < -0.4 is 4.31 Å². The van der Waals surface area contributed by atoms with Crippen LogP contribution in [0.5, 0.6) is 0 Å². The van der Waals surface area contributed by atoms with Gasteiger partial charge in [-0.2, -0.15) is 0 Å². The summed E-state index contributed by atoms with van der Waals surface area (Å²) >= 11 is 11.5. The van der Waals surface area contributed by atoms with Crippen molar-refractivity contribution in [1.82, 2.24) is 4.98 Å². The zero-order valence-electron chi connectivity index (χ0n) is 11.5. The Bertz CT molecular complexity index is 746. The number of hydrogen-bond acceptors (Lipinski definition) is 3. The molecule has 0 saturated carbocycles. The molecule has 1 aromatic carbocycles. The van der Waals surface area contributed by atoms with E-state index in [-0.39, 0.29) is 15.1 Å². The molecule has 1 aromatic heterocycles. The van der Waals surface area contributed by atoms with Crippen molar-refractivity contribution in [2.24, 2.45) is 0 Å². The number of nitrogens with zero attached hydrogens (tertiary/aromatic N) is 2. The van der Waals surface area contributed by atoms with Gasteiger partial charge in [0.05, 0.1) is 10.7 Å². The molecule has 1 heterocycles. The quantitative estimate of drug-likeness (QED) is 0.793. The van der Waals surface area contributed by atoms with Crippen LogP contribution in [0.15, 0.2) is 41.4 Å². The van der Waals surface area contributed by atoms with Crippen molar-refractivity contribution < 1.29 is 8.42 Å². The van der Waals surface area contributed by atoms with Crippen LogP contribution in [-0.2, 0) is 16.4 Å². The van der Waals surface area contributed by atoms with Crippen LogP contribution in [0.2, 0.25) is 10.2 Å². The monoisotopic (exact) mass is 344 g/mol. The molecule has 4 nitrogen and oxygen atoms in total. The molecule has 0 aliphatic heterocycles. The smallest absolute Gasteiger partial charge is 0.265 e. The minimum atomic E-state index is -3.72. The number of aromatic nitrogens is 1. The summed E-state index contributed by atoms with van der Waals surface area (Å²) in [6.45, 7) is 2.04. The SMILES string of the molecule is CCc1ccc(N(C)S(=O)(=O)c2cnc(Cl)c(Cl)c2)cc1. The highest BCUT2D eigenvalue weighted by Gasteiger charge is 2.22. The number of halogens is 2. The van der Waals surface area contributed by atoms with Gasteiger partial charge >= 0.3 is 0 Å². The van der Waals surface area contributed by atoms with Gasteiger partial charge < -0.3 is 0 Å². The molecule has 21 heavy (non-hydrogen) atoms. The lowest BCUT2D eigenvalue weighted by molar-refractivity contribution is 0.594. The number of aryl methyl sites for hydroxylation is 1. The third-order valence-corrected chi connectivity index (χ3v) is 5.57. The predicted molar refractivity (Wildman–Crippen MR) is 85.7 cm³/mol. The van der Waals surface area contributed by atoms with Crippen LogP contribution in [0.4, 0.5) is 5.69 Å². The summed E-state index contributed by atoms with van der Waals surface area (Å²) in [5, 5.41) is 0.179. The Hall–Kier alpha value is -1.30. The fraction of sp³-hybridized carbons (Fsp3) is 0.214. The molecule has 0 atom stereocenters. The topological polar surface area (TPSA) is 50.3 Å². The Morgan fingerprint density at radius 2 is 1.81 bits per heavy atom. The fourth-order valence-corrected chi connectivity index (χ4v) is 3.29. The summed E-state index contributed by atoms with van der Waals surface area (Å²) in [6, 6.07) is 8.62. The average molecular weight is 345 g/mol. The second-order valence-electron chi connectivity index (χ2n) is 4.44. The maximum absolute atomic E-state index is 12.5. The largest absolute Gasteiger partial charge is 0.269 e. The van der Waals surface area contributed by atoms with Crippen molar-refractivity contribution in [3.05, 3.63) is 52.3 Å². The highest BCUT2D eigenvalue weighted by Crippen LogP contribution is 2.26. The molecule has 0 bridgehead atoms. The van der Waals surface area contributed by atoms with Crippen molar-refractivity contribution >= 4 is 38.9 Å². The first-order chi connectivity index (χ1) is 9.86. The molecule has 0 saturated heterocycles. The van der Waals surface area contributed by atoms with Crippen LogP contribution >= 0.6 is 23.2 Å². The number of benzene rings is 1. The normalized spacial score (nSPS) is 11.4. The second kappa shape index (κ2) is 6.22. The first kappa shape index (κ1) is 16.1. The number of hydrogen-bond donors (Lipinski definition) is 0. The lowest BCUT2D eigenvalue weighted by atomic mass is 10.1. The molecule has 0 spiro atoms. The van der Waals surface area contributed by atoms with Crippen LogP contribution in [-0.4, -0.2) is 20.4 Å². The zero-order chi connectivity index (χ0) is 15.6. The molecule has 2 aromatic rings. The van der Waals surface area contributed by atoms with E-state index in [0.717, 1.165) is 12.0 Å². The Morgan fingerprint density at radius 3 is 2.33 bits per heavy atom. The zero-order valence-corrected chi connectivity index (χ0v) is 13.9. The van der Waals surface area contributed by atoms with Gasteiger partial charge in [0.2, 0.25) is 0 Å². The van der Waals surface area contributed by atoms with Crippen molar-refractivity contribution in [3.63, 3.8) is 0 Å². The molecular formula is C14H14Cl2N2O2S. The van der Waals surface area contributed by atoms with E-state index in [0.29, 0.717) is 5.69 Å². The van der Waals surface area contributed by atoms with Crippen LogP contribution in [0.3, 0.4) is 0 Å².